The topological polar surface area (TPSA) is 78.9 Å². The summed E-state index contributed by atoms with van der Waals surface area (Å²) < 4.78 is 8.99. The summed E-state index contributed by atoms with van der Waals surface area (Å²) in [6, 6.07) is 11.1. The van der Waals surface area contributed by atoms with Crippen molar-refractivity contribution in [3.63, 3.8) is 0 Å². The summed E-state index contributed by atoms with van der Waals surface area (Å²) in [5, 5.41) is 3.51. The molecule has 2 N–H and O–H groups in total. The van der Waals surface area contributed by atoms with Crippen molar-refractivity contribution in [1.29, 1.82) is 0 Å². The molecule has 3 aromatic heterocycles. The summed E-state index contributed by atoms with van der Waals surface area (Å²) in [5.74, 6) is 1.64. The molecule has 0 spiro atoms. The summed E-state index contributed by atoms with van der Waals surface area (Å²) >= 11 is 0. The Labute approximate surface area is 200 Å². The van der Waals surface area contributed by atoms with Gasteiger partial charge in [-0.1, -0.05) is 24.6 Å². The normalized spacial score (nSPS) is 25.8. The molecule has 2 aliphatic rings. The van der Waals surface area contributed by atoms with Gasteiger partial charge in [0.25, 0.3) is 0 Å². The highest BCUT2D eigenvalue weighted by molar-refractivity contribution is 5.86. The quantitative estimate of drug-likeness (QED) is 0.376. The molecule has 6 nitrogen and oxygen atoms in total. The minimum atomic E-state index is -0.0703. The van der Waals surface area contributed by atoms with E-state index >= 15 is 0 Å². The molecule has 0 bridgehead atoms. The lowest BCUT2D eigenvalue weighted by molar-refractivity contribution is -0.0398. The van der Waals surface area contributed by atoms with Crippen LogP contribution in [0.25, 0.3) is 21.8 Å². The minimum Gasteiger partial charge on any atom is -0.383 e. The van der Waals surface area contributed by atoms with Crippen molar-refractivity contribution >= 4 is 27.6 Å². The molecule has 0 amide bonds. The third-order valence-electron chi connectivity index (χ3n) is 8.05. The number of ether oxygens (including phenoxy) is 1. The first-order valence-electron chi connectivity index (χ1n) is 12.6. The number of unbranched alkanes of at least 4 members (excludes halogenated alkanes) is 1. The highest BCUT2D eigenvalue weighted by Crippen LogP contribution is 2.53. The fraction of sp³-hybridized carbons (Fsp3) is 0.464. The van der Waals surface area contributed by atoms with E-state index in [-0.39, 0.29) is 5.60 Å². The monoisotopic (exact) mass is 455 g/mol. The van der Waals surface area contributed by atoms with Crippen molar-refractivity contribution in [2.45, 2.75) is 70.1 Å². The summed E-state index contributed by atoms with van der Waals surface area (Å²) in [6.45, 7) is 4.48. The summed E-state index contributed by atoms with van der Waals surface area (Å²) in [6.07, 6.45) is 14.8. The maximum atomic E-state index is 6.64. The lowest BCUT2D eigenvalue weighted by atomic mass is 9.91. The molecule has 1 saturated carbocycles. The van der Waals surface area contributed by atoms with Crippen molar-refractivity contribution < 1.29 is 4.74 Å². The van der Waals surface area contributed by atoms with Gasteiger partial charge in [-0.25, -0.2) is 9.97 Å². The van der Waals surface area contributed by atoms with Crippen LogP contribution in [0.2, 0.25) is 0 Å². The van der Waals surface area contributed by atoms with E-state index in [1.54, 1.807) is 6.33 Å². The van der Waals surface area contributed by atoms with Crippen molar-refractivity contribution in [2.24, 2.45) is 11.8 Å². The van der Waals surface area contributed by atoms with E-state index in [0.29, 0.717) is 29.8 Å². The second-order valence-corrected chi connectivity index (χ2v) is 10.8. The third-order valence-corrected chi connectivity index (χ3v) is 8.05. The Morgan fingerprint density at radius 1 is 1.12 bits per heavy atom. The number of hydrogen-bond donors (Lipinski definition) is 1. The first-order valence-corrected chi connectivity index (χ1v) is 12.6. The first kappa shape index (κ1) is 21.5. The first-order chi connectivity index (χ1) is 16.5. The smallest absolute Gasteiger partial charge is 0.145 e. The minimum absolute atomic E-state index is 0.0703. The van der Waals surface area contributed by atoms with Crippen LogP contribution in [-0.2, 0) is 11.2 Å². The maximum Gasteiger partial charge on any atom is 0.145 e. The van der Waals surface area contributed by atoms with E-state index in [9.17, 15) is 0 Å². The van der Waals surface area contributed by atoms with Crippen molar-refractivity contribution in [1.82, 2.24) is 19.5 Å². The standard InChI is InChI=1S/C28H33N5O/c1-28(2)15-22-24(33-13-11-21-26(29)31-17-32-27(21)33)14-20(25(22)34-28)7-4-3-6-18-8-5-9-19-10-12-30-16-23(18)19/h5,8-13,16-17,20,22,24-25H,3-4,6-7,14-15H2,1-2H3,(H2,29,31,32)/t20-,22-,24+,25+/m0/s1. The van der Waals surface area contributed by atoms with Gasteiger partial charge in [0.15, 0.2) is 0 Å². The van der Waals surface area contributed by atoms with Crippen LogP contribution >= 0.6 is 0 Å². The van der Waals surface area contributed by atoms with E-state index in [1.165, 1.54) is 35.6 Å². The zero-order valence-corrected chi connectivity index (χ0v) is 20.0. The number of nitrogens with zero attached hydrogens (tertiary/aromatic N) is 4. The Balaban J connectivity index is 1.17. The molecular formula is C28H33N5O. The second kappa shape index (κ2) is 8.35. The van der Waals surface area contributed by atoms with Crippen LogP contribution in [-0.4, -0.2) is 31.2 Å². The zero-order chi connectivity index (χ0) is 23.3. The molecule has 1 saturated heterocycles. The third kappa shape index (κ3) is 3.74. The van der Waals surface area contributed by atoms with Gasteiger partial charge >= 0.3 is 0 Å². The average Bonchev–Trinajstić information content (AvgIpc) is 3.48. The number of benzene rings is 1. The predicted octanol–water partition coefficient (Wildman–Crippen LogP) is 5.72. The lowest BCUT2D eigenvalue weighted by Gasteiger charge is -2.24. The van der Waals surface area contributed by atoms with Gasteiger partial charge in [0.1, 0.15) is 17.8 Å². The highest BCUT2D eigenvalue weighted by atomic mass is 16.5. The van der Waals surface area contributed by atoms with Crippen LogP contribution in [0.3, 0.4) is 0 Å². The molecule has 4 heterocycles. The zero-order valence-electron chi connectivity index (χ0n) is 20.0. The Morgan fingerprint density at radius 3 is 2.94 bits per heavy atom. The predicted molar refractivity (Wildman–Crippen MR) is 135 cm³/mol. The van der Waals surface area contributed by atoms with Crippen LogP contribution in [0.5, 0.6) is 0 Å². The molecule has 4 atom stereocenters. The second-order valence-electron chi connectivity index (χ2n) is 10.8. The van der Waals surface area contributed by atoms with Gasteiger partial charge in [0.05, 0.1) is 17.1 Å². The molecule has 6 rings (SSSR count). The Morgan fingerprint density at radius 2 is 2.03 bits per heavy atom. The van der Waals surface area contributed by atoms with Crippen LogP contribution in [0.4, 0.5) is 5.82 Å². The highest BCUT2D eigenvalue weighted by Gasteiger charge is 2.53. The largest absolute Gasteiger partial charge is 0.383 e. The number of pyridine rings is 1. The number of nitrogen functional groups attached to an aromatic ring is 1. The molecule has 4 aromatic rings. The number of aromatic nitrogens is 4. The van der Waals surface area contributed by atoms with Gasteiger partial charge in [-0.2, -0.15) is 0 Å². The molecule has 1 aliphatic carbocycles. The van der Waals surface area contributed by atoms with Gasteiger partial charge in [-0.3, -0.25) is 4.98 Å². The van der Waals surface area contributed by atoms with Crippen LogP contribution in [0.1, 0.15) is 57.6 Å². The number of hydrogen-bond acceptors (Lipinski definition) is 5. The van der Waals surface area contributed by atoms with Crippen molar-refractivity contribution in [3.05, 3.63) is 60.8 Å². The molecule has 2 fully saturated rings. The van der Waals surface area contributed by atoms with E-state index in [2.05, 4.69) is 69.9 Å². The Hall–Kier alpha value is -2.99. The number of fused-ring (bicyclic) bond motifs is 3. The van der Waals surface area contributed by atoms with Gasteiger partial charge in [0, 0.05) is 35.9 Å². The Bertz CT molecular complexity index is 1320. The van der Waals surface area contributed by atoms with E-state index in [4.69, 9.17) is 10.5 Å². The number of rotatable bonds is 6. The molecule has 0 unspecified atom stereocenters. The fourth-order valence-electron chi connectivity index (χ4n) is 6.58. The van der Waals surface area contributed by atoms with Gasteiger partial charge in [-0.15, -0.1) is 0 Å². The van der Waals surface area contributed by atoms with Crippen LogP contribution in [0.15, 0.2) is 55.2 Å². The maximum absolute atomic E-state index is 6.64. The van der Waals surface area contributed by atoms with Crippen molar-refractivity contribution in [3.8, 4) is 0 Å². The van der Waals surface area contributed by atoms with E-state index in [0.717, 1.165) is 30.3 Å². The molecule has 1 aromatic carbocycles. The van der Waals surface area contributed by atoms with Gasteiger partial charge in [0.2, 0.25) is 0 Å². The van der Waals surface area contributed by atoms with Gasteiger partial charge in [-0.05, 0) is 75.0 Å². The summed E-state index contributed by atoms with van der Waals surface area (Å²) in [5.41, 5.74) is 8.40. The van der Waals surface area contributed by atoms with Crippen molar-refractivity contribution in [2.75, 3.05) is 5.73 Å². The number of aryl methyl sites for hydroxylation is 1. The van der Waals surface area contributed by atoms with Gasteiger partial charge < -0.3 is 15.0 Å². The molecule has 176 valence electrons. The molecule has 0 radical (unpaired) electrons. The average molecular weight is 456 g/mol. The Kier molecular flexibility index (Phi) is 5.29. The molecule has 6 heteroatoms. The van der Waals surface area contributed by atoms with E-state index in [1.807, 2.05) is 12.4 Å². The molecular weight excluding hydrogens is 422 g/mol. The SMILES string of the molecule is CC1(C)C[C@@H]2[C@H](O1)[C@@H](CCCCc1cccc3ccncc13)C[C@H]2n1ccc2c(N)ncnc21. The summed E-state index contributed by atoms with van der Waals surface area (Å²) in [4.78, 5) is 13.1. The van der Waals surface area contributed by atoms with Crippen LogP contribution < -0.4 is 5.73 Å². The van der Waals surface area contributed by atoms with E-state index < -0.39 is 0 Å². The lowest BCUT2D eigenvalue weighted by Crippen LogP contribution is -2.24. The number of nitrogens with two attached hydrogens (primary N) is 1. The fourth-order valence-corrected chi connectivity index (χ4v) is 6.58. The molecule has 34 heavy (non-hydrogen) atoms. The number of anilines is 1. The molecule has 1 aliphatic heterocycles. The van der Waals surface area contributed by atoms with Crippen LogP contribution in [0, 0.1) is 11.8 Å². The summed E-state index contributed by atoms with van der Waals surface area (Å²) in [7, 11) is 0.